The predicted octanol–water partition coefficient (Wildman–Crippen LogP) is 0.914. The van der Waals surface area contributed by atoms with Gasteiger partial charge in [-0.15, -0.1) is 0 Å². The number of hydrogen-bond acceptors (Lipinski definition) is 6. The Morgan fingerprint density at radius 1 is 1.04 bits per heavy atom. The zero-order valence-corrected chi connectivity index (χ0v) is 14.0. The van der Waals surface area contributed by atoms with Crippen molar-refractivity contribution in [3.63, 3.8) is 0 Å². The van der Waals surface area contributed by atoms with Crippen LogP contribution < -0.4 is 4.90 Å². The summed E-state index contributed by atoms with van der Waals surface area (Å²) in [6, 6.07) is 0.700. The van der Waals surface area contributed by atoms with E-state index < -0.39 is 0 Å². The van der Waals surface area contributed by atoms with Gasteiger partial charge in [0.2, 0.25) is 0 Å². The van der Waals surface area contributed by atoms with Crippen LogP contribution in [0.5, 0.6) is 0 Å². The van der Waals surface area contributed by atoms with Gasteiger partial charge in [0.15, 0.2) is 0 Å². The molecule has 1 aliphatic carbocycles. The average Bonchev–Trinajstić information content (AvgIpc) is 3.29. The van der Waals surface area contributed by atoms with E-state index in [1.807, 2.05) is 4.52 Å². The van der Waals surface area contributed by atoms with Crippen LogP contribution in [0.2, 0.25) is 0 Å². The number of fused-ring (bicyclic) bond motifs is 2. The molecule has 0 spiro atoms. The van der Waals surface area contributed by atoms with Gasteiger partial charge in [-0.3, -0.25) is 4.90 Å². The quantitative estimate of drug-likeness (QED) is 0.817. The zero-order chi connectivity index (χ0) is 15.9. The maximum absolute atomic E-state index is 5.49. The van der Waals surface area contributed by atoms with E-state index in [2.05, 4.69) is 19.9 Å². The molecule has 7 heteroatoms. The summed E-state index contributed by atoms with van der Waals surface area (Å²) in [5.41, 5.74) is 2.64. The molecule has 3 aliphatic rings. The molecule has 2 aromatic rings. The topological polar surface area (TPSA) is 58.8 Å². The highest BCUT2D eigenvalue weighted by atomic mass is 16.5. The van der Waals surface area contributed by atoms with Crippen LogP contribution in [0.3, 0.4) is 0 Å². The van der Waals surface area contributed by atoms with Gasteiger partial charge >= 0.3 is 0 Å². The van der Waals surface area contributed by atoms with Gasteiger partial charge < -0.3 is 9.64 Å². The maximum Gasteiger partial charge on any atom is 0.254 e. The van der Waals surface area contributed by atoms with Crippen molar-refractivity contribution in [2.75, 3.05) is 44.3 Å². The molecule has 0 aromatic carbocycles. The molecule has 5 rings (SSSR count). The third-order valence-corrected chi connectivity index (χ3v) is 5.75. The molecule has 128 valence electrons. The molecule has 0 bridgehead atoms. The number of aryl methyl sites for hydroxylation is 1. The lowest BCUT2D eigenvalue weighted by atomic mass is 10.0. The van der Waals surface area contributed by atoms with Gasteiger partial charge in [-0.1, -0.05) is 0 Å². The molecule has 0 N–H and O–H groups in total. The second-order valence-corrected chi connectivity index (χ2v) is 7.05. The molecule has 0 amide bonds. The predicted molar refractivity (Wildman–Crippen MR) is 90.4 cm³/mol. The Morgan fingerprint density at radius 3 is 2.71 bits per heavy atom. The maximum atomic E-state index is 5.49. The van der Waals surface area contributed by atoms with Crippen molar-refractivity contribution in [3.05, 3.63) is 17.6 Å². The number of aromatic nitrogens is 4. The lowest BCUT2D eigenvalue weighted by molar-refractivity contribution is 0.0114. The van der Waals surface area contributed by atoms with E-state index in [1.165, 1.54) is 36.3 Å². The highest BCUT2D eigenvalue weighted by molar-refractivity contribution is 5.56. The smallest absolute Gasteiger partial charge is 0.254 e. The molecule has 0 radical (unpaired) electrons. The second kappa shape index (κ2) is 5.97. The number of rotatable bonds is 2. The fourth-order valence-corrected chi connectivity index (χ4v) is 4.51. The Labute approximate surface area is 141 Å². The summed E-state index contributed by atoms with van der Waals surface area (Å²) in [5, 5.41) is 4.45. The van der Waals surface area contributed by atoms with Gasteiger partial charge in [-0.2, -0.15) is 14.6 Å². The third kappa shape index (κ3) is 2.38. The monoisotopic (exact) mass is 328 g/mol. The van der Waals surface area contributed by atoms with Gasteiger partial charge in [0.1, 0.15) is 12.1 Å². The molecule has 2 aliphatic heterocycles. The Hall–Kier alpha value is -1.73. The van der Waals surface area contributed by atoms with Crippen LogP contribution in [0.15, 0.2) is 6.33 Å². The summed E-state index contributed by atoms with van der Waals surface area (Å²) < 4.78 is 7.45. The van der Waals surface area contributed by atoms with Crippen molar-refractivity contribution in [1.82, 2.24) is 24.5 Å². The first kappa shape index (κ1) is 14.6. The van der Waals surface area contributed by atoms with E-state index in [9.17, 15) is 0 Å². The van der Waals surface area contributed by atoms with Crippen molar-refractivity contribution < 1.29 is 4.74 Å². The van der Waals surface area contributed by atoms with Crippen LogP contribution in [0.4, 0.5) is 5.82 Å². The first-order valence-electron chi connectivity index (χ1n) is 9.18. The Balaban J connectivity index is 1.40. The number of anilines is 1. The number of nitrogens with zero attached hydrogens (tertiary/aromatic N) is 6. The first-order chi connectivity index (χ1) is 11.9. The zero-order valence-electron chi connectivity index (χ0n) is 14.0. The lowest BCUT2D eigenvalue weighted by Gasteiger charge is -2.41. The Kier molecular flexibility index (Phi) is 3.63. The number of piperidine rings is 1. The van der Waals surface area contributed by atoms with Crippen LogP contribution in [-0.2, 0) is 17.6 Å². The molecule has 24 heavy (non-hydrogen) atoms. The molecule has 2 saturated heterocycles. The molecular formula is C17H24N6O. The minimum absolute atomic E-state index is 0.700. The van der Waals surface area contributed by atoms with Crippen molar-refractivity contribution in [2.45, 2.75) is 38.1 Å². The minimum Gasteiger partial charge on any atom is -0.379 e. The van der Waals surface area contributed by atoms with Crippen molar-refractivity contribution in [1.29, 1.82) is 0 Å². The number of ether oxygens (including phenoxy) is 1. The molecule has 0 saturated carbocycles. The van der Waals surface area contributed by atoms with Gasteiger partial charge in [-0.25, -0.2) is 4.98 Å². The van der Waals surface area contributed by atoms with Gasteiger partial charge in [0, 0.05) is 37.8 Å². The molecule has 4 heterocycles. The summed E-state index contributed by atoms with van der Waals surface area (Å²) in [6.45, 7) is 6.13. The SMILES string of the molecule is c1nc2nc3c(c(N4CCC(N5CCOCC5)CC4)n2n1)CCC3. The Morgan fingerprint density at radius 2 is 1.88 bits per heavy atom. The minimum atomic E-state index is 0.700. The third-order valence-electron chi connectivity index (χ3n) is 5.75. The van der Waals surface area contributed by atoms with Crippen LogP contribution >= 0.6 is 0 Å². The first-order valence-corrected chi connectivity index (χ1v) is 9.18. The van der Waals surface area contributed by atoms with Crippen molar-refractivity contribution in [3.8, 4) is 0 Å². The molecule has 7 nitrogen and oxygen atoms in total. The average molecular weight is 328 g/mol. The van der Waals surface area contributed by atoms with Gasteiger partial charge in [0.05, 0.1) is 18.9 Å². The highest BCUT2D eigenvalue weighted by Gasteiger charge is 2.30. The van der Waals surface area contributed by atoms with Crippen LogP contribution in [0, 0.1) is 0 Å². The van der Waals surface area contributed by atoms with Crippen molar-refractivity contribution in [2.24, 2.45) is 0 Å². The molecular weight excluding hydrogens is 304 g/mol. The molecule has 0 unspecified atom stereocenters. The second-order valence-electron chi connectivity index (χ2n) is 7.05. The normalized spacial score (nSPS) is 23.1. The lowest BCUT2D eigenvalue weighted by Crippen LogP contribution is -2.49. The van der Waals surface area contributed by atoms with E-state index >= 15 is 0 Å². The van der Waals surface area contributed by atoms with E-state index in [0.717, 1.165) is 58.0 Å². The summed E-state index contributed by atoms with van der Waals surface area (Å²) in [4.78, 5) is 14.2. The standard InChI is InChI=1S/C17H24N6O/c1-2-14-15(3-1)20-17-18-12-19-23(17)16(14)22-6-4-13(5-7-22)21-8-10-24-11-9-21/h12-13H,1-11H2. The molecule has 2 aromatic heterocycles. The molecule has 0 atom stereocenters. The van der Waals surface area contributed by atoms with E-state index in [4.69, 9.17) is 9.72 Å². The Bertz CT molecular complexity index is 730. The molecule has 2 fully saturated rings. The van der Waals surface area contributed by atoms with Crippen LogP contribution in [0.1, 0.15) is 30.5 Å². The van der Waals surface area contributed by atoms with E-state index in [0.29, 0.717) is 6.04 Å². The fraction of sp³-hybridized carbons (Fsp3) is 0.706. The summed E-state index contributed by atoms with van der Waals surface area (Å²) in [5.74, 6) is 2.01. The number of hydrogen-bond donors (Lipinski definition) is 0. The summed E-state index contributed by atoms with van der Waals surface area (Å²) in [6.07, 6.45) is 7.46. The fourth-order valence-electron chi connectivity index (χ4n) is 4.51. The van der Waals surface area contributed by atoms with Crippen molar-refractivity contribution >= 4 is 11.6 Å². The number of morpholine rings is 1. The summed E-state index contributed by atoms with van der Waals surface area (Å²) in [7, 11) is 0. The summed E-state index contributed by atoms with van der Waals surface area (Å²) >= 11 is 0. The van der Waals surface area contributed by atoms with E-state index in [-0.39, 0.29) is 0 Å². The van der Waals surface area contributed by atoms with Gasteiger partial charge in [0.25, 0.3) is 5.78 Å². The largest absolute Gasteiger partial charge is 0.379 e. The van der Waals surface area contributed by atoms with Crippen LogP contribution in [0.25, 0.3) is 5.78 Å². The van der Waals surface area contributed by atoms with Gasteiger partial charge in [-0.05, 0) is 32.1 Å². The highest BCUT2D eigenvalue weighted by Crippen LogP contribution is 2.32. The van der Waals surface area contributed by atoms with E-state index in [1.54, 1.807) is 6.33 Å². The van der Waals surface area contributed by atoms with Crippen LogP contribution in [-0.4, -0.2) is 69.9 Å².